The number of rotatable bonds is 2. The molecule has 0 aliphatic carbocycles. The van der Waals surface area contributed by atoms with Gasteiger partial charge in [0.2, 0.25) is 0 Å². The van der Waals surface area contributed by atoms with Crippen molar-refractivity contribution >= 4 is 0 Å². The molecule has 0 fully saturated rings. The first-order chi connectivity index (χ1) is 4.48. The van der Waals surface area contributed by atoms with E-state index in [9.17, 15) is 0 Å². The molecule has 0 N–H and O–H groups in total. The van der Waals surface area contributed by atoms with Crippen molar-refractivity contribution in [2.45, 2.75) is 32.7 Å². The molecule has 0 amide bonds. The van der Waals surface area contributed by atoms with E-state index < -0.39 is 0 Å². The Balaban J connectivity index is 3.65. The average Bonchev–Trinajstić information content (AvgIpc) is 1.80. The van der Waals surface area contributed by atoms with Gasteiger partial charge in [0.15, 0.2) is 0 Å². The van der Waals surface area contributed by atoms with Crippen molar-refractivity contribution in [3.8, 4) is 6.07 Å². The molecule has 0 spiro atoms. The van der Waals surface area contributed by atoms with Crippen LogP contribution in [0.25, 0.3) is 0 Å². The smallest absolute Gasteiger partial charge is 0.0635 e. The van der Waals surface area contributed by atoms with Gasteiger partial charge in [-0.15, -0.1) is 0 Å². The molecule has 0 atom stereocenters. The van der Waals surface area contributed by atoms with E-state index in [1.807, 2.05) is 7.05 Å². The van der Waals surface area contributed by atoms with E-state index in [4.69, 9.17) is 5.26 Å². The first-order valence-corrected chi connectivity index (χ1v) is 3.56. The van der Waals surface area contributed by atoms with Gasteiger partial charge in [-0.1, -0.05) is 0 Å². The van der Waals surface area contributed by atoms with E-state index in [-0.39, 0.29) is 5.54 Å². The molecule has 0 radical (unpaired) electrons. The van der Waals surface area contributed by atoms with E-state index in [0.717, 1.165) is 6.54 Å². The maximum absolute atomic E-state index is 8.30. The molecule has 0 aliphatic rings. The molecule has 0 aromatic carbocycles. The minimum atomic E-state index is 0.191. The molecule has 0 rings (SSSR count). The maximum Gasteiger partial charge on any atom is 0.0635 e. The molecule has 0 bridgehead atoms. The molecule has 0 unspecified atom stereocenters. The number of hydrogen-bond acceptors (Lipinski definition) is 2. The second kappa shape index (κ2) is 3.58. The lowest BCUT2D eigenvalue weighted by Gasteiger charge is -2.30. The van der Waals surface area contributed by atoms with Crippen molar-refractivity contribution < 1.29 is 0 Å². The molecule has 0 heterocycles. The highest BCUT2D eigenvalue weighted by atomic mass is 15.1. The van der Waals surface area contributed by atoms with E-state index in [1.165, 1.54) is 0 Å². The topological polar surface area (TPSA) is 27.0 Å². The molecule has 0 saturated carbocycles. The highest BCUT2D eigenvalue weighted by Crippen LogP contribution is 2.09. The predicted molar refractivity (Wildman–Crippen MR) is 42.6 cm³/mol. The van der Waals surface area contributed by atoms with Gasteiger partial charge in [0.1, 0.15) is 0 Å². The molecule has 2 nitrogen and oxygen atoms in total. The summed E-state index contributed by atoms with van der Waals surface area (Å²) < 4.78 is 0. The van der Waals surface area contributed by atoms with Crippen LogP contribution < -0.4 is 0 Å². The number of nitriles is 1. The third kappa shape index (κ3) is 3.47. The molecule has 58 valence electrons. The SMILES string of the molecule is CN(CCC#N)C(C)(C)C. The van der Waals surface area contributed by atoms with Gasteiger partial charge >= 0.3 is 0 Å². The second-order valence-electron chi connectivity index (χ2n) is 3.50. The van der Waals surface area contributed by atoms with E-state index in [1.54, 1.807) is 0 Å². The fourth-order valence-corrected chi connectivity index (χ4v) is 0.553. The van der Waals surface area contributed by atoms with Crippen LogP contribution in [0.5, 0.6) is 0 Å². The van der Waals surface area contributed by atoms with Crippen LogP contribution in [0.15, 0.2) is 0 Å². The summed E-state index contributed by atoms with van der Waals surface area (Å²) in [5, 5.41) is 8.30. The summed E-state index contributed by atoms with van der Waals surface area (Å²) in [5.41, 5.74) is 0.191. The van der Waals surface area contributed by atoms with Crippen LogP contribution in [-0.4, -0.2) is 24.0 Å². The number of nitrogens with zero attached hydrogens (tertiary/aromatic N) is 2. The minimum Gasteiger partial charge on any atom is -0.300 e. The van der Waals surface area contributed by atoms with Gasteiger partial charge in [0.05, 0.1) is 6.07 Å². The quantitative estimate of drug-likeness (QED) is 0.583. The van der Waals surface area contributed by atoms with Crippen molar-refractivity contribution in [2.75, 3.05) is 13.6 Å². The first-order valence-electron chi connectivity index (χ1n) is 3.56. The lowest BCUT2D eigenvalue weighted by molar-refractivity contribution is 0.180. The zero-order chi connectivity index (χ0) is 8.20. The van der Waals surface area contributed by atoms with E-state index >= 15 is 0 Å². The summed E-state index contributed by atoms with van der Waals surface area (Å²) in [7, 11) is 2.04. The van der Waals surface area contributed by atoms with Crippen molar-refractivity contribution in [1.29, 1.82) is 5.26 Å². The summed E-state index contributed by atoms with van der Waals surface area (Å²) >= 11 is 0. The molecule has 0 aromatic rings. The predicted octanol–water partition coefficient (Wildman–Crippen LogP) is 1.63. The summed E-state index contributed by atoms with van der Waals surface area (Å²) in [6.45, 7) is 7.29. The highest BCUT2D eigenvalue weighted by molar-refractivity contribution is 4.77. The molecule has 10 heavy (non-hydrogen) atoms. The van der Waals surface area contributed by atoms with E-state index in [2.05, 4.69) is 31.7 Å². The molecular weight excluding hydrogens is 124 g/mol. The van der Waals surface area contributed by atoms with Crippen molar-refractivity contribution in [3.63, 3.8) is 0 Å². The zero-order valence-electron chi connectivity index (χ0n) is 7.31. The second-order valence-corrected chi connectivity index (χ2v) is 3.50. The minimum absolute atomic E-state index is 0.191. The Morgan fingerprint density at radius 3 is 2.20 bits per heavy atom. The average molecular weight is 140 g/mol. The van der Waals surface area contributed by atoms with Crippen LogP contribution >= 0.6 is 0 Å². The van der Waals surface area contributed by atoms with Gasteiger partial charge in [-0.3, -0.25) is 0 Å². The largest absolute Gasteiger partial charge is 0.300 e. The number of hydrogen-bond donors (Lipinski definition) is 0. The van der Waals surface area contributed by atoms with Crippen LogP contribution in [0.1, 0.15) is 27.2 Å². The summed E-state index contributed by atoms with van der Waals surface area (Å²) in [5.74, 6) is 0. The summed E-state index contributed by atoms with van der Waals surface area (Å²) in [6.07, 6.45) is 0.619. The van der Waals surface area contributed by atoms with Crippen molar-refractivity contribution in [3.05, 3.63) is 0 Å². The van der Waals surface area contributed by atoms with Gasteiger partial charge < -0.3 is 4.90 Å². The third-order valence-electron chi connectivity index (χ3n) is 1.70. The van der Waals surface area contributed by atoms with Crippen LogP contribution in [0, 0.1) is 11.3 Å². The maximum atomic E-state index is 8.30. The van der Waals surface area contributed by atoms with Gasteiger partial charge in [-0.25, -0.2) is 0 Å². The molecule has 0 aromatic heterocycles. The van der Waals surface area contributed by atoms with Gasteiger partial charge in [-0.05, 0) is 27.8 Å². The van der Waals surface area contributed by atoms with Crippen LogP contribution in [0.2, 0.25) is 0 Å². The van der Waals surface area contributed by atoms with Crippen LogP contribution in [0.3, 0.4) is 0 Å². The van der Waals surface area contributed by atoms with Crippen molar-refractivity contribution in [2.24, 2.45) is 0 Å². The lowest BCUT2D eigenvalue weighted by atomic mass is 10.1. The standard InChI is InChI=1S/C8H16N2/c1-8(2,3)10(4)7-5-6-9/h5,7H2,1-4H3. The highest BCUT2D eigenvalue weighted by Gasteiger charge is 2.15. The Kier molecular flexibility index (Phi) is 3.38. The van der Waals surface area contributed by atoms with Gasteiger partial charge in [-0.2, -0.15) is 5.26 Å². The fourth-order valence-electron chi connectivity index (χ4n) is 0.553. The Morgan fingerprint density at radius 2 is 1.90 bits per heavy atom. The zero-order valence-corrected chi connectivity index (χ0v) is 7.31. The fraction of sp³-hybridized carbons (Fsp3) is 0.875. The third-order valence-corrected chi connectivity index (χ3v) is 1.70. The monoisotopic (exact) mass is 140 g/mol. The Hall–Kier alpha value is -0.550. The Bertz CT molecular complexity index is 127. The normalized spacial score (nSPS) is 11.6. The molecular formula is C8H16N2. The van der Waals surface area contributed by atoms with Gasteiger partial charge in [0.25, 0.3) is 0 Å². The van der Waals surface area contributed by atoms with Crippen molar-refractivity contribution in [1.82, 2.24) is 4.90 Å². The Labute approximate surface area is 63.4 Å². The van der Waals surface area contributed by atoms with E-state index in [0.29, 0.717) is 6.42 Å². The molecule has 0 aliphatic heterocycles. The molecule has 2 heteroatoms. The van der Waals surface area contributed by atoms with Gasteiger partial charge in [0, 0.05) is 18.5 Å². The Morgan fingerprint density at radius 1 is 1.40 bits per heavy atom. The van der Waals surface area contributed by atoms with Crippen LogP contribution in [-0.2, 0) is 0 Å². The lowest BCUT2D eigenvalue weighted by Crippen LogP contribution is -2.38. The summed E-state index contributed by atoms with van der Waals surface area (Å²) in [6, 6.07) is 2.13. The summed E-state index contributed by atoms with van der Waals surface area (Å²) in [4.78, 5) is 2.18. The van der Waals surface area contributed by atoms with Crippen LogP contribution in [0.4, 0.5) is 0 Å². The first kappa shape index (κ1) is 9.45. The molecule has 0 saturated heterocycles.